The van der Waals surface area contributed by atoms with E-state index in [2.05, 4.69) is 26.1 Å². The molecule has 0 aromatic heterocycles. The van der Waals surface area contributed by atoms with E-state index in [1.807, 2.05) is 79.3 Å². The third kappa shape index (κ3) is 7.17. The first-order chi connectivity index (χ1) is 16.9. The van der Waals surface area contributed by atoms with Crippen LogP contribution in [0.1, 0.15) is 61.6 Å². The predicted octanol–water partition coefficient (Wildman–Crippen LogP) is 6.67. The molecule has 3 aromatic rings. The van der Waals surface area contributed by atoms with Crippen LogP contribution in [0.4, 0.5) is 15.8 Å². The number of halogens is 1. The molecule has 0 saturated heterocycles. The summed E-state index contributed by atoms with van der Waals surface area (Å²) < 4.78 is 13.6. The maximum Gasteiger partial charge on any atom is 0.255 e. The van der Waals surface area contributed by atoms with E-state index < -0.39 is 11.7 Å². The summed E-state index contributed by atoms with van der Waals surface area (Å²) in [4.78, 5) is 30.2. The monoisotopic (exact) mass is 489 g/mol. The standard InChI is InChI=1S/C30H36FN3O2/c1-21(22-11-8-7-9-12-22)34(28(35)19-30(2,3)4)20-24-18-26(15-16-27(24)33(5)6)32-29(36)23-13-10-14-25(31)17-23/h7-18,21H,19-20H2,1-6H3,(H,32,36)/t21-/m1/s1. The first-order valence-corrected chi connectivity index (χ1v) is 12.2. The Labute approximate surface area is 213 Å². The zero-order valence-corrected chi connectivity index (χ0v) is 22.0. The average molecular weight is 490 g/mol. The molecule has 0 spiro atoms. The van der Waals surface area contributed by atoms with E-state index in [1.165, 1.54) is 18.2 Å². The van der Waals surface area contributed by atoms with Crippen LogP contribution in [-0.4, -0.2) is 30.8 Å². The molecule has 0 radical (unpaired) electrons. The first-order valence-electron chi connectivity index (χ1n) is 12.2. The van der Waals surface area contributed by atoms with Crippen molar-refractivity contribution in [2.75, 3.05) is 24.3 Å². The van der Waals surface area contributed by atoms with Gasteiger partial charge in [0.15, 0.2) is 0 Å². The minimum atomic E-state index is -0.464. The summed E-state index contributed by atoms with van der Waals surface area (Å²) in [7, 11) is 3.90. The third-order valence-electron chi connectivity index (χ3n) is 6.00. The molecule has 0 bridgehead atoms. The molecule has 0 aliphatic heterocycles. The molecule has 0 unspecified atom stereocenters. The zero-order valence-electron chi connectivity index (χ0n) is 22.0. The van der Waals surface area contributed by atoms with E-state index >= 15 is 0 Å². The van der Waals surface area contributed by atoms with Crippen LogP contribution in [0.2, 0.25) is 0 Å². The summed E-state index contributed by atoms with van der Waals surface area (Å²) in [6.07, 6.45) is 0.414. The number of anilines is 2. The molecule has 5 nitrogen and oxygen atoms in total. The van der Waals surface area contributed by atoms with Crippen molar-refractivity contribution >= 4 is 23.2 Å². The van der Waals surface area contributed by atoms with Crippen molar-refractivity contribution in [2.45, 2.75) is 46.7 Å². The van der Waals surface area contributed by atoms with Crippen molar-refractivity contribution in [3.05, 3.63) is 95.3 Å². The second-order valence-corrected chi connectivity index (χ2v) is 10.5. The van der Waals surface area contributed by atoms with Crippen LogP contribution >= 0.6 is 0 Å². The summed E-state index contributed by atoms with van der Waals surface area (Å²) in [5, 5.41) is 2.87. The smallest absolute Gasteiger partial charge is 0.255 e. The maximum absolute atomic E-state index is 13.6. The lowest BCUT2D eigenvalue weighted by Gasteiger charge is -2.33. The second kappa shape index (κ2) is 11.4. The summed E-state index contributed by atoms with van der Waals surface area (Å²) in [5.41, 5.74) is 3.58. The second-order valence-electron chi connectivity index (χ2n) is 10.5. The molecular formula is C30H36FN3O2. The molecule has 0 saturated carbocycles. The number of carbonyl (C=O) groups excluding carboxylic acids is 2. The SMILES string of the molecule is C[C@H](c1ccccc1)N(Cc1cc(NC(=O)c2cccc(F)c2)ccc1N(C)C)C(=O)CC(C)(C)C. The molecule has 1 N–H and O–H groups in total. The van der Waals surface area contributed by atoms with Gasteiger partial charge >= 0.3 is 0 Å². The third-order valence-corrected chi connectivity index (χ3v) is 6.00. The molecule has 0 aliphatic carbocycles. The Morgan fingerprint density at radius 2 is 1.64 bits per heavy atom. The molecule has 1 atom stereocenters. The summed E-state index contributed by atoms with van der Waals surface area (Å²) in [6.45, 7) is 8.60. The van der Waals surface area contributed by atoms with Gasteiger partial charge in [0.1, 0.15) is 5.82 Å². The number of rotatable bonds is 8. The summed E-state index contributed by atoms with van der Waals surface area (Å²) in [6, 6.07) is 21.1. The molecule has 190 valence electrons. The number of benzene rings is 3. The number of nitrogens with one attached hydrogen (secondary N) is 1. The summed E-state index contributed by atoms with van der Waals surface area (Å²) in [5.74, 6) is -0.789. The van der Waals surface area contributed by atoms with Gasteiger partial charge in [0.25, 0.3) is 5.91 Å². The zero-order chi connectivity index (χ0) is 26.5. The van der Waals surface area contributed by atoms with Crippen molar-refractivity contribution in [3.8, 4) is 0 Å². The molecule has 0 heterocycles. The normalized spacial score (nSPS) is 12.1. The van der Waals surface area contributed by atoms with Gasteiger partial charge in [-0.25, -0.2) is 4.39 Å². The van der Waals surface area contributed by atoms with Gasteiger partial charge in [-0.05, 0) is 59.9 Å². The van der Waals surface area contributed by atoms with Gasteiger partial charge in [0.05, 0.1) is 6.04 Å². The van der Waals surface area contributed by atoms with Crippen molar-refractivity contribution in [3.63, 3.8) is 0 Å². The lowest BCUT2D eigenvalue weighted by atomic mass is 9.91. The van der Waals surface area contributed by atoms with Crippen molar-refractivity contribution in [1.82, 2.24) is 4.90 Å². The van der Waals surface area contributed by atoms with E-state index in [1.54, 1.807) is 6.07 Å². The first kappa shape index (κ1) is 26.9. The van der Waals surface area contributed by atoms with Gasteiger partial charge < -0.3 is 15.1 Å². The molecule has 0 fully saturated rings. The van der Waals surface area contributed by atoms with Crippen LogP contribution in [0, 0.1) is 11.2 Å². The van der Waals surface area contributed by atoms with Crippen LogP contribution in [0.25, 0.3) is 0 Å². The lowest BCUT2D eigenvalue weighted by Crippen LogP contribution is -2.35. The Hall–Kier alpha value is -3.67. The molecule has 3 rings (SSSR count). The van der Waals surface area contributed by atoms with Crippen LogP contribution in [0.15, 0.2) is 72.8 Å². The van der Waals surface area contributed by atoms with Crippen LogP contribution in [0.3, 0.4) is 0 Å². The average Bonchev–Trinajstić information content (AvgIpc) is 2.81. The topological polar surface area (TPSA) is 52.7 Å². The quantitative estimate of drug-likeness (QED) is 0.384. The highest BCUT2D eigenvalue weighted by Crippen LogP contribution is 2.31. The van der Waals surface area contributed by atoms with Gasteiger partial charge in [0, 0.05) is 44.0 Å². The van der Waals surface area contributed by atoms with Crippen molar-refractivity contribution in [2.24, 2.45) is 5.41 Å². The largest absolute Gasteiger partial charge is 0.377 e. The number of carbonyl (C=O) groups is 2. The molecule has 6 heteroatoms. The highest BCUT2D eigenvalue weighted by atomic mass is 19.1. The van der Waals surface area contributed by atoms with Crippen molar-refractivity contribution in [1.29, 1.82) is 0 Å². The Morgan fingerprint density at radius 1 is 0.944 bits per heavy atom. The fraction of sp³-hybridized carbons (Fsp3) is 0.333. The van der Waals surface area contributed by atoms with E-state index in [9.17, 15) is 14.0 Å². The van der Waals surface area contributed by atoms with Crippen LogP contribution in [-0.2, 0) is 11.3 Å². The Kier molecular flexibility index (Phi) is 8.51. The number of hydrogen-bond donors (Lipinski definition) is 1. The van der Waals surface area contributed by atoms with E-state index in [0.717, 1.165) is 16.8 Å². The van der Waals surface area contributed by atoms with Gasteiger partial charge in [-0.1, -0.05) is 57.2 Å². The molecular weight excluding hydrogens is 453 g/mol. The predicted molar refractivity (Wildman–Crippen MR) is 145 cm³/mol. The minimum Gasteiger partial charge on any atom is -0.377 e. The van der Waals surface area contributed by atoms with Crippen LogP contribution < -0.4 is 10.2 Å². The highest BCUT2D eigenvalue weighted by molar-refractivity contribution is 6.04. The van der Waals surface area contributed by atoms with E-state index in [-0.39, 0.29) is 22.9 Å². The van der Waals surface area contributed by atoms with Gasteiger partial charge in [0.2, 0.25) is 5.91 Å². The highest BCUT2D eigenvalue weighted by Gasteiger charge is 2.27. The minimum absolute atomic E-state index is 0.0674. The van der Waals surface area contributed by atoms with Crippen molar-refractivity contribution < 1.29 is 14.0 Å². The van der Waals surface area contributed by atoms with Gasteiger partial charge in [-0.15, -0.1) is 0 Å². The fourth-order valence-corrected chi connectivity index (χ4v) is 4.15. The van der Waals surface area contributed by atoms with Gasteiger partial charge in [-0.3, -0.25) is 9.59 Å². The number of amides is 2. The Morgan fingerprint density at radius 3 is 2.25 bits per heavy atom. The molecule has 3 aromatic carbocycles. The lowest BCUT2D eigenvalue weighted by molar-refractivity contribution is -0.136. The number of nitrogens with zero attached hydrogens (tertiary/aromatic N) is 2. The fourth-order valence-electron chi connectivity index (χ4n) is 4.15. The Bertz CT molecular complexity index is 1200. The molecule has 36 heavy (non-hydrogen) atoms. The molecule has 2 amide bonds. The van der Waals surface area contributed by atoms with E-state index in [0.29, 0.717) is 18.7 Å². The number of hydrogen-bond acceptors (Lipinski definition) is 3. The maximum atomic E-state index is 13.6. The van der Waals surface area contributed by atoms with Crippen LogP contribution in [0.5, 0.6) is 0 Å². The van der Waals surface area contributed by atoms with Gasteiger partial charge in [-0.2, -0.15) is 0 Å². The summed E-state index contributed by atoms with van der Waals surface area (Å²) >= 11 is 0. The molecule has 0 aliphatic rings. The van der Waals surface area contributed by atoms with E-state index in [4.69, 9.17) is 0 Å². The Balaban J connectivity index is 1.96.